The Bertz CT molecular complexity index is 129. The second-order valence-corrected chi connectivity index (χ2v) is 2.50. The molecule has 0 aromatic rings. The molecule has 72 valence electrons. The second kappa shape index (κ2) is 5.00. The number of carbonyl (C=O) groups is 1. The minimum Gasteiger partial charge on any atom is -0.471 e. The number of halogens is 3. The third kappa shape index (κ3) is 4.20. The lowest BCUT2D eigenvalue weighted by Gasteiger charge is -2.27. The van der Waals surface area contributed by atoms with Crippen molar-refractivity contribution in [2.75, 3.05) is 7.11 Å². The summed E-state index contributed by atoms with van der Waals surface area (Å²) in [5, 5.41) is 0. The fourth-order valence-electron chi connectivity index (χ4n) is 0.736. The fraction of sp³-hybridized carbons (Fsp3) is 0.857. The van der Waals surface area contributed by atoms with Crippen molar-refractivity contribution in [2.24, 2.45) is 5.92 Å². The lowest BCUT2D eigenvalue weighted by Crippen LogP contribution is -2.28. The number of alkyl halides is 3. The lowest BCUT2D eigenvalue weighted by molar-refractivity contribution is -0.193. The molecule has 2 nitrogen and oxygen atoms in total. The van der Waals surface area contributed by atoms with Crippen molar-refractivity contribution in [1.29, 1.82) is 0 Å². The summed E-state index contributed by atoms with van der Waals surface area (Å²) < 4.78 is 38.4. The monoisotopic (exact) mass is 184 g/mol. The van der Waals surface area contributed by atoms with Crippen molar-refractivity contribution in [3.05, 3.63) is 0 Å². The minimum absolute atomic E-state index is 0.351. The molecular formula is C7H11F3O2. The lowest BCUT2D eigenvalue weighted by atomic mass is 9.85. The molecule has 5 heteroatoms. The first-order valence-corrected chi connectivity index (χ1v) is 3.55. The Kier molecular flexibility index (Phi) is 4.70. The minimum atomic E-state index is -3.90. The Labute approximate surface area is 68.7 Å². The Morgan fingerprint density at radius 2 is 1.83 bits per heavy atom. The van der Waals surface area contributed by atoms with Crippen molar-refractivity contribution in [2.45, 2.75) is 25.4 Å². The molecular weight excluding hydrogens is 173 g/mol. The van der Waals surface area contributed by atoms with Gasteiger partial charge < -0.3 is 4.74 Å². The van der Waals surface area contributed by atoms with E-state index >= 15 is 0 Å². The van der Waals surface area contributed by atoms with E-state index in [0.717, 1.165) is 6.42 Å². The van der Waals surface area contributed by atoms with Gasteiger partial charge in [-0.2, -0.15) is 13.2 Å². The maximum absolute atomic E-state index is 11.5. The van der Waals surface area contributed by atoms with Crippen LogP contribution in [-0.4, -0.2) is 19.8 Å². The summed E-state index contributed by atoms with van der Waals surface area (Å²) in [6.45, 7) is 0.375. The maximum Gasteiger partial charge on any atom is 0.391 e. The van der Waals surface area contributed by atoms with Crippen LogP contribution in [0.5, 0.6) is 0 Å². The van der Waals surface area contributed by atoms with Crippen molar-refractivity contribution in [3.8, 4) is 0 Å². The number of carbonyl (C=O) groups excluding carboxylic acids is 1. The first kappa shape index (κ1) is 11.3. The van der Waals surface area contributed by atoms with Crippen molar-refractivity contribution < 1.29 is 22.7 Å². The van der Waals surface area contributed by atoms with Gasteiger partial charge in [-0.1, -0.05) is 6.42 Å². The highest BCUT2D eigenvalue weighted by Crippen LogP contribution is 2.40. The third-order valence-corrected chi connectivity index (χ3v) is 1.66. The van der Waals surface area contributed by atoms with Gasteiger partial charge in [0.25, 0.3) is 6.47 Å². The average Bonchev–Trinajstić information content (AvgIpc) is 1.80. The predicted molar refractivity (Wildman–Crippen MR) is 36.5 cm³/mol. The molecule has 0 radical (unpaired) electrons. The molecule has 0 bridgehead atoms. The molecule has 1 fully saturated rings. The predicted octanol–water partition coefficient (Wildman–Crippen LogP) is 2.14. The van der Waals surface area contributed by atoms with E-state index in [1.54, 1.807) is 0 Å². The molecule has 0 heterocycles. The SMILES string of the molecule is COC=O.FC(F)(F)C1CCC1. The van der Waals surface area contributed by atoms with Crippen LogP contribution in [-0.2, 0) is 9.53 Å². The summed E-state index contributed by atoms with van der Waals surface area (Å²) in [5.41, 5.74) is 0. The molecule has 1 aliphatic carbocycles. The van der Waals surface area contributed by atoms with Gasteiger partial charge in [0.15, 0.2) is 0 Å². The van der Waals surface area contributed by atoms with Gasteiger partial charge in [0.2, 0.25) is 0 Å². The van der Waals surface area contributed by atoms with Crippen LogP contribution < -0.4 is 0 Å². The van der Waals surface area contributed by atoms with E-state index < -0.39 is 12.1 Å². The molecule has 0 amide bonds. The highest BCUT2D eigenvalue weighted by molar-refractivity contribution is 5.36. The van der Waals surface area contributed by atoms with E-state index in [9.17, 15) is 13.2 Å². The van der Waals surface area contributed by atoms with Crippen LogP contribution >= 0.6 is 0 Å². The fourth-order valence-corrected chi connectivity index (χ4v) is 0.736. The Morgan fingerprint density at radius 3 is 1.83 bits per heavy atom. The smallest absolute Gasteiger partial charge is 0.391 e. The van der Waals surface area contributed by atoms with Gasteiger partial charge in [-0.25, -0.2) is 0 Å². The van der Waals surface area contributed by atoms with E-state index in [2.05, 4.69) is 4.74 Å². The van der Waals surface area contributed by atoms with E-state index in [4.69, 9.17) is 4.79 Å². The highest BCUT2D eigenvalue weighted by Gasteiger charge is 2.42. The molecule has 1 saturated carbocycles. The van der Waals surface area contributed by atoms with E-state index in [-0.39, 0.29) is 0 Å². The zero-order valence-electron chi connectivity index (χ0n) is 6.73. The molecule has 0 spiro atoms. The van der Waals surface area contributed by atoms with Gasteiger partial charge in [0.1, 0.15) is 0 Å². The average molecular weight is 184 g/mol. The van der Waals surface area contributed by atoms with Gasteiger partial charge in [-0.15, -0.1) is 0 Å². The number of rotatable bonds is 1. The largest absolute Gasteiger partial charge is 0.471 e. The first-order chi connectivity index (χ1) is 5.52. The van der Waals surface area contributed by atoms with Crippen LogP contribution in [0.3, 0.4) is 0 Å². The number of ether oxygens (including phenoxy) is 1. The van der Waals surface area contributed by atoms with Gasteiger partial charge >= 0.3 is 6.18 Å². The molecule has 1 rings (SSSR count). The molecule has 0 saturated heterocycles. The molecule has 0 N–H and O–H groups in total. The molecule has 0 aromatic heterocycles. The molecule has 0 aliphatic heterocycles. The summed E-state index contributed by atoms with van der Waals surface area (Å²) in [7, 11) is 1.31. The maximum atomic E-state index is 11.5. The topological polar surface area (TPSA) is 26.3 Å². The first-order valence-electron chi connectivity index (χ1n) is 3.55. The van der Waals surface area contributed by atoms with E-state index in [0.29, 0.717) is 19.3 Å². The van der Waals surface area contributed by atoms with Gasteiger partial charge in [0, 0.05) is 0 Å². The van der Waals surface area contributed by atoms with Gasteiger partial charge in [-0.3, -0.25) is 4.79 Å². The summed E-state index contributed by atoms with van der Waals surface area (Å²) in [6.07, 6.45) is -2.45. The standard InChI is InChI=1S/C5H7F3.C2H4O2/c6-5(7,8)4-2-1-3-4;1-4-2-3/h4H,1-3H2;2H,1H3. The van der Waals surface area contributed by atoms with Crippen LogP contribution in [0.15, 0.2) is 0 Å². The zero-order chi connectivity index (χ0) is 9.61. The Morgan fingerprint density at radius 1 is 1.42 bits per heavy atom. The van der Waals surface area contributed by atoms with Crippen molar-refractivity contribution in [3.63, 3.8) is 0 Å². The van der Waals surface area contributed by atoms with Crippen LogP contribution in [0, 0.1) is 5.92 Å². The highest BCUT2D eigenvalue weighted by atomic mass is 19.4. The number of hydrogen-bond donors (Lipinski definition) is 0. The molecule has 1 aliphatic rings. The van der Waals surface area contributed by atoms with Crippen molar-refractivity contribution in [1.82, 2.24) is 0 Å². The van der Waals surface area contributed by atoms with Gasteiger partial charge in [0.05, 0.1) is 13.0 Å². The van der Waals surface area contributed by atoms with Crippen LogP contribution in [0.4, 0.5) is 13.2 Å². The summed E-state index contributed by atoms with van der Waals surface area (Å²) >= 11 is 0. The van der Waals surface area contributed by atoms with Crippen LogP contribution in [0.25, 0.3) is 0 Å². The number of methoxy groups -OCH3 is 1. The zero-order valence-corrected chi connectivity index (χ0v) is 6.73. The Hall–Kier alpha value is -0.740. The van der Waals surface area contributed by atoms with Crippen LogP contribution in [0.2, 0.25) is 0 Å². The van der Waals surface area contributed by atoms with Crippen LogP contribution in [0.1, 0.15) is 19.3 Å². The summed E-state index contributed by atoms with van der Waals surface area (Å²) in [6, 6.07) is 0. The third-order valence-electron chi connectivity index (χ3n) is 1.66. The quantitative estimate of drug-likeness (QED) is 0.583. The molecule has 12 heavy (non-hydrogen) atoms. The normalized spacial score (nSPS) is 17.0. The summed E-state index contributed by atoms with van der Waals surface area (Å²) in [5.74, 6) is -0.970. The molecule has 0 unspecified atom stereocenters. The number of hydrogen-bond acceptors (Lipinski definition) is 2. The Balaban J connectivity index is 0.000000261. The second-order valence-electron chi connectivity index (χ2n) is 2.50. The van der Waals surface area contributed by atoms with Crippen molar-refractivity contribution >= 4 is 6.47 Å². The van der Waals surface area contributed by atoms with E-state index in [1.807, 2.05) is 0 Å². The molecule has 0 aromatic carbocycles. The molecule has 0 atom stereocenters. The van der Waals surface area contributed by atoms with Gasteiger partial charge in [-0.05, 0) is 12.8 Å². The van der Waals surface area contributed by atoms with E-state index in [1.165, 1.54) is 7.11 Å². The summed E-state index contributed by atoms with van der Waals surface area (Å²) in [4.78, 5) is 8.95.